The molecule has 72 valence electrons. The molecule has 2 heterocycles. The number of aromatic nitrogens is 1. The normalized spacial score (nSPS) is 28.2. The second-order valence-electron chi connectivity index (χ2n) is 3.27. The van der Waals surface area contributed by atoms with E-state index in [2.05, 4.69) is 26.3 Å². The predicted octanol–water partition coefficient (Wildman–Crippen LogP) is 3.07. The van der Waals surface area contributed by atoms with Crippen molar-refractivity contribution in [1.82, 2.24) is 4.98 Å². The summed E-state index contributed by atoms with van der Waals surface area (Å²) in [6.07, 6.45) is 2.88. The fourth-order valence-corrected chi connectivity index (χ4v) is 2.70. The van der Waals surface area contributed by atoms with Gasteiger partial charge in [-0.1, -0.05) is 15.9 Å². The highest BCUT2D eigenvalue weighted by atomic mass is 79.9. The van der Waals surface area contributed by atoms with Gasteiger partial charge >= 0.3 is 0 Å². The molecule has 2 atom stereocenters. The molecule has 1 aromatic heterocycles. The van der Waals surface area contributed by atoms with Crippen molar-refractivity contribution >= 4 is 27.3 Å². The Kier molecular flexibility index (Phi) is 3.01. The summed E-state index contributed by atoms with van der Waals surface area (Å²) >= 11 is 5.14. The van der Waals surface area contributed by atoms with Crippen LogP contribution in [-0.4, -0.2) is 16.4 Å². The van der Waals surface area contributed by atoms with Crippen LogP contribution in [0.15, 0.2) is 5.38 Å². The highest BCUT2D eigenvalue weighted by molar-refractivity contribution is 9.09. The molecule has 13 heavy (non-hydrogen) atoms. The van der Waals surface area contributed by atoms with Crippen molar-refractivity contribution in [1.29, 1.82) is 0 Å². The smallest absolute Gasteiger partial charge is 0.101 e. The highest BCUT2D eigenvalue weighted by Gasteiger charge is 2.26. The molecule has 1 aliphatic rings. The van der Waals surface area contributed by atoms with Crippen LogP contribution in [0.3, 0.4) is 0 Å². The molecule has 4 heteroatoms. The molecule has 0 saturated carbocycles. The third-order valence-corrected chi connectivity index (χ3v) is 3.76. The second kappa shape index (κ2) is 4.07. The van der Waals surface area contributed by atoms with E-state index >= 15 is 0 Å². The highest BCUT2D eigenvalue weighted by Crippen LogP contribution is 2.33. The molecule has 2 rings (SSSR count). The summed E-state index contributed by atoms with van der Waals surface area (Å²) < 4.78 is 5.81. The van der Waals surface area contributed by atoms with Crippen LogP contribution < -0.4 is 0 Å². The molecule has 1 saturated heterocycles. The van der Waals surface area contributed by atoms with Crippen LogP contribution in [0.1, 0.15) is 29.6 Å². The number of alkyl halides is 1. The van der Waals surface area contributed by atoms with Crippen molar-refractivity contribution in [3.63, 3.8) is 0 Å². The summed E-state index contributed by atoms with van der Waals surface area (Å²) in [5.74, 6) is 0. The zero-order valence-corrected chi connectivity index (χ0v) is 9.90. The lowest BCUT2D eigenvalue weighted by Gasteiger charge is -2.08. The number of hydrogen-bond acceptors (Lipinski definition) is 3. The van der Waals surface area contributed by atoms with E-state index in [0.717, 1.165) is 28.9 Å². The third-order valence-electron chi connectivity index (χ3n) is 2.25. The zero-order valence-electron chi connectivity index (χ0n) is 7.50. The van der Waals surface area contributed by atoms with Crippen LogP contribution in [0.4, 0.5) is 0 Å². The Morgan fingerprint density at radius 3 is 3.08 bits per heavy atom. The summed E-state index contributed by atoms with van der Waals surface area (Å²) in [4.78, 5) is 4.44. The largest absolute Gasteiger partial charge is 0.368 e. The van der Waals surface area contributed by atoms with E-state index in [1.54, 1.807) is 11.3 Å². The van der Waals surface area contributed by atoms with Gasteiger partial charge in [0.2, 0.25) is 0 Å². The number of thiazole rings is 1. The minimum atomic E-state index is 0.243. The van der Waals surface area contributed by atoms with E-state index in [1.165, 1.54) is 0 Å². The van der Waals surface area contributed by atoms with Gasteiger partial charge in [0.1, 0.15) is 6.10 Å². The summed E-state index contributed by atoms with van der Waals surface area (Å²) in [7, 11) is 0. The first-order chi connectivity index (χ1) is 6.29. The van der Waals surface area contributed by atoms with Crippen LogP contribution in [0.2, 0.25) is 0 Å². The quantitative estimate of drug-likeness (QED) is 0.764. The fourth-order valence-electron chi connectivity index (χ4n) is 1.56. The van der Waals surface area contributed by atoms with Crippen molar-refractivity contribution in [2.75, 3.05) is 5.33 Å². The van der Waals surface area contributed by atoms with Gasteiger partial charge in [0.15, 0.2) is 0 Å². The molecular formula is C9H12BrNOS. The van der Waals surface area contributed by atoms with E-state index in [1.807, 2.05) is 6.92 Å². The van der Waals surface area contributed by atoms with E-state index in [-0.39, 0.29) is 6.10 Å². The Morgan fingerprint density at radius 2 is 2.54 bits per heavy atom. The molecule has 0 aromatic carbocycles. The average molecular weight is 262 g/mol. The van der Waals surface area contributed by atoms with Crippen LogP contribution in [-0.2, 0) is 4.74 Å². The lowest BCUT2D eigenvalue weighted by Crippen LogP contribution is -2.07. The second-order valence-corrected chi connectivity index (χ2v) is 4.98. The molecule has 1 aliphatic heterocycles. The van der Waals surface area contributed by atoms with E-state index in [0.29, 0.717) is 6.10 Å². The summed E-state index contributed by atoms with van der Waals surface area (Å²) in [6, 6.07) is 0. The number of ether oxygens (including phenoxy) is 1. The molecule has 2 unspecified atom stereocenters. The number of aryl methyl sites for hydroxylation is 1. The molecule has 1 fully saturated rings. The van der Waals surface area contributed by atoms with Gasteiger partial charge in [-0.05, 0) is 19.8 Å². The lowest BCUT2D eigenvalue weighted by atomic mass is 10.2. The maximum Gasteiger partial charge on any atom is 0.101 e. The van der Waals surface area contributed by atoms with Gasteiger partial charge in [0.05, 0.1) is 16.8 Å². The van der Waals surface area contributed by atoms with Gasteiger partial charge in [0.25, 0.3) is 0 Å². The molecule has 0 N–H and O–H groups in total. The molecule has 0 aliphatic carbocycles. The van der Waals surface area contributed by atoms with Gasteiger partial charge < -0.3 is 4.74 Å². The number of halogens is 1. The molecule has 2 nitrogen and oxygen atoms in total. The first-order valence-electron chi connectivity index (χ1n) is 4.43. The van der Waals surface area contributed by atoms with E-state index < -0.39 is 0 Å². The van der Waals surface area contributed by atoms with E-state index in [4.69, 9.17) is 4.74 Å². The molecule has 0 bridgehead atoms. The van der Waals surface area contributed by atoms with Crippen LogP contribution in [0.5, 0.6) is 0 Å². The van der Waals surface area contributed by atoms with Crippen LogP contribution in [0.25, 0.3) is 0 Å². The average Bonchev–Trinajstić information content (AvgIpc) is 2.71. The minimum Gasteiger partial charge on any atom is -0.368 e. The van der Waals surface area contributed by atoms with Crippen molar-refractivity contribution < 1.29 is 4.74 Å². The Morgan fingerprint density at radius 1 is 1.69 bits per heavy atom. The summed E-state index contributed by atoms with van der Waals surface area (Å²) in [6.45, 7) is 2.03. The first kappa shape index (κ1) is 9.62. The monoisotopic (exact) mass is 261 g/mol. The SMILES string of the molecule is Cc1nc(C2CCC(CBr)O2)cs1. The topological polar surface area (TPSA) is 22.1 Å². The zero-order chi connectivity index (χ0) is 9.26. The van der Waals surface area contributed by atoms with Crippen LogP contribution in [0, 0.1) is 6.92 Å². The van der Waals surface area contributed by atoms with Crippen molar-refractivity contribution in [3.8, 4) is 0 Å². The Hall–Kier alpha value is 0.0700. The lowest BCUT2D eigenvalue weighted by molar-refractivity contribution is 0.0566. The first-order valence-corrected chi connectivity index (χ1v) is 6.43. The van der Waals surface area contributed by atoms with Gasteiger partial charge in [-0.25, -0.2) is 4.98 Å². The number of rotatable bonds is 2. The molecule has 0 radical (unpaired) electrons. The van der Waals surface area contributed by atoms with Gasteiger partial charge in [0, 0.05) is 10.7 Å². The summed E-state index contributed by atoms with van der Waals surface area (Å²) in [5.41, 5.74) is 1.12. The van der Waals surface area contributed by atoms with Crippen molar-refractivity contribution in [3.05, 3.63) is 16.1 Å². The third kappa shape index (κ3) is 2.11. The fraction of sp³-hybridized carbons (Fsp3) is 0.667. The Balaban J connectivity index is 2.03. The number of hydrogen-bond donors (Lipinski definition) is 0. The Bertz CT molecular complexity index is 289. The molecular weight excluding hydrogens is 250 g/mol. The van der Waals surface area contributed by atoms with Gasteiger partial charge in [-0.2, -0.15) is 0 Å². The molecule has 0 amide bonds. The standard InChI is InChI=1S/C9H12BrNOS/c1-6-11-8(5-13-6)9-3-2-7(4-10)12-9/h5,7,9H,2-4H2,1H3. The Labute approximate surface area is 90.5 Å². The van der Waals surface area contributed by atoms with Crippen LogP contribution >= 0.6 is 27.3 Å². The number of nitrogens with zero attached hydrogens (tertiary/aromatic N) is 1. The maximum absolute atomic E-state index is 5.81. The molecule has 0 spiro atoms. The van der Waals surface area contributed by atoms with Crippen molar-refractivity contribution in [2.45, 2.75) is 32.0 Å². The minimum absolute atomic E-state index is 0.243. The van der Waals surface area contributed by atoms with E-state index in [9.17, 15) is 0 Å². The maximum atomic E-state index is 5.81. The van der Waals surface area contributed by atoms with Crippen molar-refractivity contribution in [2.24, 2.45) is 0 Å². The van der Waals surface area contributed by atoms with Gasteiger partial charge in [-0.15, -0.1) is 11.3 Å². The molecule has 1 aromatic rings. The predicted molar refractivity (Wildman–Crippen MR) is 57.5 cm³/mol. The summed E-state index contributed by atoms with van der Waals surface area (Å²) in [5, 5.41) is 4.17. The van der Waals surface area contributed by atoms with Gasteiger partial charge in [-0.3, -0.25) is 0 Å².